The molecule has 0 aromatic rings. The molecule has 0 amide bonds. The smallest absolute Gasteiger partial charge is 0.0386 e. The van der Waals surface area contributed by atoms with E-state index in [2.05, 4.69) is 48.5 Å². The van der Waals surface area contributed by atoms with Crippen LogP contribution >= 0.6 is 0 Å². The lowest BCUT2D eigenvalue weighted by Gasteiger charge is -2.32. The molecule has 0 heteroatoms. The molecule has 0 aromatic carbocycles. The van der Waals surface area contributed by atoms with Crippen molar-refractivity contribution >= 4 is 0 Å². The molecule has 0 saturated carbocycles. The first-order valence-corrected chi connectivity index (χ1v) is 5.91. The summed E-state index contributed by atoms with van der Waals surface area (Å²) in [6, 6.07) is 0. The lowest BCUT2D eigenvalue weighted by Crippen LogP contribution is -2.24. The third kappa shape index (κ3) is 3.70. The molecule has 13 heavy (non-hydrogen) atoms. The van der Waals surface area contributed by atoms with Crippen LogP contribution in [0.5, 0.6) is 0 Å². The molecule has 0 aliphatic carbocycles. The molecule has 4 atom stereocenters. The molecule has 0 radical (unpaired) electrons. The summed E-state index contributed by atoms with van der Waals surface area (Å²) in [7, 11) is 0. The van der Waals surface area contributed by atoms with Gasteiger partial charge in [-0.05, 0) is 29.6 Å². The van der Waals surface area contributed by atoms with E-state index in [9.17, 15) is 0 Å². The molecule has 0 aliphatic heterocycles. The second-order valence-electron chi connectivity index (χ2n) is 5.21. The number of rotatable bonds is 5. The Balaban J connectivity index is 4.15. The molecule has 0 heterocycles. The molecule has 0 rings (SSSR count). The lowest BCUT2D eigenvalue weighted by atomic mass is 9.74. The first-order valence-electron chi connectivity index (χ1n) is 5.91. The van der Waals surface area contributed by atoms with E-state index in [-0.39, 0.29) is 0 Å². The number of hydrogen-bond donors (Lipinski definition) is 0. The minimum absolute atomic E-state index is 0.821. The standard InChI is InChI=1S/C13H28/c1-8-10(4)12(6)13(7)11(5)9(2)3/h9-13H,8H2,1-7H3/t10-,11+,12+,13-/m1/s1. The topological polar surface area (TPSA) is 0 Å². The molecular weight excluding hydrogens is 156 g/mol. The molecule has 0 N–H and O–H groups in total. The van der Waals surface area contributed by atoms with Gasteiger partial charge in [0.25, 0.3) is 0 Å². The minimum Gasteiger partial charge on any atom is -0.0651 e. The van der Waals surface area contributed by atoms with Gasteiger partial charge in [0.1, 0.15) is 0 Å². The van der Waals surface area contributed by atoms with E-state index in [1.54, 1.807) is 0 Å². The van der Waals surface area contributed by atoms with Gasteiger partial charge >= 0.3 is 0 Å². The summed E-state index contributed by atoms with van der Waals surface area (Å²) in [5.74, 6) is 4.26. The van der Waals surface area contributed by atoms with E-state index < -0.39 is 0 Å². The summed E-state index contributed by atoms with van der Waals surface area (Å²) < 4.78 is 0. The largest absolute Gasteiger partial charge is 0.0651 e. The first kappa shape index (κ1) is 13.0. The highest BCUT2D eigenvalue weighted by Crippen LogP contribution is 2.31. The molecule has 80 valence electrons. The van der Waals surface area contributed by atoms with E-state index >= 15 is 0 Å². The second kappa shape index (κ2) is 5.67. The van der Waals surface area contributed by atoms with Crippen LogP contribution in [0.25, 0.3) is 0 Å². The van der Waals surface area contributed by atoms with Crippen LogP contribution in [0.4, 0.5) is 0 Å². The van der Waals surface area contributed by atoms with Crippen molar-refractivity contribution < 1.29 is 0 Å². The second-order valence-corrected chi connectivity index (χ2v) is 5.21. The third-order valence-corrected chi connectivity index (χ3v) is 4.25. The molecule has 0 saturated heterocycles. The fraction of sp³-hybridized carbons (Fsp3) is 1.00. The maximum atomic E-state index is 2.42. The van der Waals surface area contributed by atoms with Crippen LogP contribution in [-0.2, 0) is 0 Å². The highest BCUT2D eigenvalue weighted by molar-refractivity contribution is 4.73. The van der Waals surface area contributed by atoms with Crippen LogP contribution in [0.15, 0.2) is 0 Å². The van der Waals surface area contributed by atoms with Gasteiger partial charge in [-0.15, -0.1) is 0 Å². The zero-order chi connectivity index (χ0) is 10.6. The summed E-state index contributed by atoms with van der Waals surface area (Å²) in [6.07, 6.45) is 1.32. The Morgan fingerprint density at radius 3 is 1.46 bits per heavy atom. The third-order valence-electron chi connectivity index (χ3n) is 4.25. The molecule has 0 aromatic heterocycles. The molecule has 0 nitrogen and oxygen atoms in total. The van der Waals surface area contributed by atoms with Crippen LogP contribution in [0.1, 0.15) is 54.9 Å². The van der Waals surface area contributed by atoms with Crippen molar-refractivity contribution in [3.63, 3.8) is 0 Å². The maximum Gasteiger partial charge on any atom is -0.0386 e. The van der Waals surface area contributed by atoms with Crippen molar-refractivity contribution in [1.82, 2.24) is 0 Å². The summed E-state index contributed by atoms with van der Waals surface area (Å²) in [6.45, 7) is 16.6. The molecular formula is C13H28. The average Bonchev–Trinajstić information content (AvgIpc) is 2.12. The Bertz CT molecular complexity index is 126. The molecule has 0 spiro atoms. The van der Waals surface area contributed by atoms with E-state index in [4.69, 9.17) is 0 Å². The van der Waals surface area contributed by atoms with Crippen molar-refractivity contribution in [1.29, 1.82) is 0 Å². The Morgan fingerprint density at radius 2 is 1.15 bits per heavy atom. The van der Waals surface area contributed by atoms with Crippen LogP contribution in [0.2, 0.25) is 0 Å². The van der Waals surface area contributed by atoms with Crippen LogP contribution < -0.4 is 0 Å². The summed E-state index contributed by atoms with van der Waals surface area (Å²) in [4.78, 5) is 0. The highest BCUT2D eigenvalue weighted by Gasteiger charge is 2.24. The minimum atomic E-state index is 0.821. The van der Waals surface area contributed by atoms with Crippen LogP contribution in [-0.4, -0.2) is 0 Å². The average molecular weight is 184 g/mol. The van der Waals surface area contributed by atoms with Crippen LogP contribution in [0, 0.1) is 29.6 Å². The van der Waals surface area contributed by atoms with E-state index in [1.165, 1.54) is 6.42 Å². The van der Waals surface area contributed by atoms with Gasteiger partial charge < -0.3 is 0 Å². The summed E-state index contributed by atoms with van der Waals surface area (Å²) >= 11 is 0. The molecule has 0 unspecified atom stereocenters. The van der Waals surface area contributed by atoms with E-state index in [0.717, 1.165) is 29.6 Å². The van der Waals surface area contributed by atoms with Crippen LogP contribution in [0.3, 0.4) is 0 Å². The van der Waals surface area contributed by atoms with Gasteiger partial charge in [-0.1, -0.05) is 54.9 Å². The molecule has 0 bridgehead atoms. The Hall–Kier alpha value is 0. The quantitative estimate of drug-likeness (QED) is 0.586. The van der Waals surface area contributed by atoms with E-state index in [0.29, 0.717) is 0 Å². The zero-order valence-electron chi connectivity index (χ0n) is 10.6. The summed E-state index contributed by atoms with van der Waals surface area (Å²) in [5.41, 5.74) is 0. The first-order chi connectivity index (χ1) is 5.91. The normalized spacial score (nSPS) is 21.2. The van der Waals surface area contributed by atoms with Crippen molar-refractivity contribution in [2.24, 2.45) is 29.6 Å². The Morgan fingerprint density at radius 1 is 0.692 bits per heavy atom. The summed E-state index contributed by atoms with van der Waals surface area (Å²) in [5, 5.41) is 0. The fourth-order valence-electron chi connectivity index (χ4n) is 1.98. The Kier molecular flexibility index (Phi) is 5.67. The fourth-order valence-corrected chi connectivity index (χ4v) is 1.98. The zero-order valence-corrected chi connectivity index (χ0v) is 10.6. The van der Waals surface area contributed by atoms with Gasteiger partial charge in [0.05, 0.1) is 0 Å². The SMILES string of the molecule is CC[C@@H](C)[C@H](C)[C@H](C)[C@@H](C)C(C)C. The van der Waals surface area contributed by atoms with Crippen molar-refractivity contribution in [3.05, 3.63) is 0 Å². The monoisotopic (exact) mass is 184 g/mol. The maximum absolute atomic E-state index is 2.42. The predicted octanol–water partition coefficient (Wildman–Crippen LogP) is 4.60. The van der Waals surface area contributed by atoms with Gasteiger partial charge in [0.2, 0.25) is 0 Å². The predicted molar refractivity (Wildman–Crippen MR) is 61.8 cm³/mol. The van der Waals surface area contributed by atoms with Gasteiger partial charge in [0.15, 0.2) is 0 Å². The lowest BCUT2D eigenvalue weighted by molar-refractivity contribution is 0.173. The van der Waals surface area contributed by atoms with Gasteiger partial charge in [0, 0.05) is 0 Å². The molecule has 0 aliphatic rings. The van der Waals surface area contributed by atoms with E-state index in [1.807, 2.05) is 0 Å². The van der Waals surface area contributed by atoms with Crippen molar-refractivity contribution in [2.45, 2.75) is 54.9 Å². The van der Waals surface area contributed by atoms with Gasteiger partial charge in [-0.2, -0.15) is 0 Å². The van der Waals surface area contributed by atoms with Crippen molar-refractivity contribution in [2.75, 3.05) is 0 Å². The Labute approximate surface area is 85.1 Å². The number of hydrogen-bond acceptors (Lipinski definition) is 0. The van der Waals surface area contributed by atoms with Crippen molar-refractivity contribution in [3.8, 4) is 0 Å². The van der Waals surface area contributed by atoms with Gasteiger partial charge in [-0.3, -0.25) is 0 Å². The van der Waals surface area contributed by atoms with Gasteiger partial charge in [-0.25, -0.2) is 0 Å². The molecule has 0 fully saturated rings. The highest BCUT2D eigenvalue weighted by atomic mass is 14.3.